The third-order valence-corrected chi connectivity index (χ3v) is 3.63. The number of aryl methyl sites for hydroxylation is 1. The van der Waals surface area contributed by atoms with Crippen LogP contribution in [0.2, 0.25) is 0 Å². The summed E-state index contributed by atoms with van der Waals surface area (Å²) >= 11 is 0. The molecular weight excluding hydrogens is 218 g/mol. The lowest BCUT2D eigenvalue weighted by molar-refractivity contribution is 0.104. The number of nitrogens with zero attached hydrogens (tertiary/aromatic N) is 3. The van der Waals surface area contributed by atoms with Crippen LogP contribution >= 0.6 is 0 Å². The maximum atomic E-state index is 10.9. The number of methoxy groups -OCH3 is 1. The highest BCUT2D eigenvalue weighted by Gasteiger charge is 2.21. The van der Waals surface area contributed by atoms with Crippen LogP contribution in [-0.2, 0) is 11.3 Å². The third-order valence-electron chi connectivity index (χ3n) is 3.63. The summed E-state index contributed by atoms with van der Waals surface area (Å²) in [5.41, 5.74) is 1.19. The van der Waals surface area contributed by atoms with Gasteiger partial charge in [-0.05, 0) is 19.3 Å². The highest BCUT2D eigenvalue weighted by molar-refractivity contribution is 5.73. The molecular formula is C12H19N3O2. The van der Waals surface area contributed by atoms with Crippen LogP contribution in [0.4, 0.5) is 0 Å². The first kappa shape index (κ1) is 12.2. The van der Waals surface area contributed by atoms with Crippen molar-refractivity contribution in [1.29, 1.82) is 0 Å². The summed E-state index contributed by atoms with van der Waals surface area (Å²) in [5, 5.41) is 7.93. The Kier molecular flexibility index (Phi) is 3.89. The monoisotopic (exact) mass is 237 g/mol. The Morgan fingerprint density at radius 2 is 2.35 bits per heavy atom. The van der Waals surface area contributed by atoms with Crippen molar-refractivity contribution in [2.24, 2.45) is 5.92 Å². The molecule has 94 valence electrons. The molecule has 1 aromatic heterocycles. The first-order chi connectivity index (χ1) is 8.26. The molecule has 0 aliphatic heterocycles. The molecule has 0 bridgehead atoms. The fourth-order valence-corrected chi connectivity index (χ4v) is 2.20. The highest BCUT2D eigenvalue weighted by Crippen LogP contribution is 2.30. The Morgan fingerprint density at radius 3 is 2.88 bits per heavy atom. The number of carbonyl (C=O) groups is 1. The fourth-order valence-electron chi connectivity index (χ4n) is 2.20. The van der Waals surface area contributed by atoms with Gasteiger partial charge in [-0.15, -0.1) is 5.10 Å². The number of hydrogen-bond acceptors (Lipinski definition) is 4. The van der Waals surface area contributed by atoms with Crippen LogP contribution in [0.25, 0.3) is 0 Å². The minimum atomic E-state index is -0.147. The van der Waals surface area contributed by atoms with Gasteiger partial charge in [-0.2, -0.15) is 0 Å². The van der Waals surface area contributed by atoms with E-state index in [0.29, 0.717) is 5.69 Å². The average molecular weight is 237 g/mol. The van der Waals surface area contributed by atoms with Crippen LogP contribution in [0.15, 0.2) is 0 Å². The summed E-state index contributed by atoms with van der Waals surface area (Å²) in [6, 6.07) is 0. The molecule has 1 fully saturated rings. The second-order valence-corrected chi connectivity index (χ2v) is 4.66. The van der Waals surface area contributed by atoms with Crippen LogP contribution in [0.1, 0.15) is 54.9 Å². The van der Waals surface area contributed by atoms with E-state index >= 15 is 0 Å². The molecule has 0 amide bonds. The van der Waals surface area contributed by atoms with Crippen molar-refractivity contribution < 1.29 is 9.53 Å². The Hall–Kier alpha value is -1.23. The molecule has 1 saturated carbocycles. The van der Waals surface area contributed by atoms with E-state index < -0.39 is 0 Å². The van der Waals surface area contributed by atoms with Gasteiger partial charge < -0.3 is 4.74 Å². The molecule has 1 aliphatic rings. The van der Waals surface area contributed by atoms with Gasteiger partial charge >= 0.3 is 0 Å². The molecule has 1 aromatic rings. The summed E-state index contributed by atoms with van der Waals surface area (Å²) in [6.07, 6.45) is 5.71. The zero-order valence-corrected chi connectivity index (χ0v) is 10.4. The second kappa shape index (κ2) is 5.40. The lowest BCUT2D eigenvalue weighted by Gasteiger charge is -2.25. The maximum absolute atomic E-state index is 10.9. The minimum absolute atomic E-state index is 0.147. The van der Waals surface area contributed by atoms with Crippen molar-refractivity contribution in [3.05, 3.63) is 11.4 Å². The van der Waals surface area contributed by atoms with Crippen molar-refractivity contribution in [2.75, 3.05) is 7.11 Å². The summed E-state index contributed by atoms with van der Waals surface area (Å²) in [5.74, 6) is 0.824. The van der Waals surface area contributed by atoms with E-state index in [9.17, 15) is 4.79 Å². The highest BCUT2D eigenvalue weighted by atomic mass is 16.5. The van der Waals surface area contributed by atoms with Crippen LogP contribution in [0, 0.1) is 5.92 Å². The fraction of sp³-hybridized carbons (Fsp3) is 0.750. The molecule has 0 aromatic carbocycles. The normalized spacial score (nSPS) is 17.8. The zero-order valence-electron chi connectivity index (χ0n) is 10.4. The molecule has 0 N–H and O–H groups in total. The summed E-state index contributed by atoms with van der Waals surface area (Å²) in [4.78, 5) is 10.9. The molecule has 0 spiro atoms. The first-order valence-electron chi connectivity index (χ1n) is 6.17. The minimum Gasteiger partial charge on any atom is -0.375 e. The van der Waals surface area contributed by atoms with Crippen molar-refractivity contribution in [2.45, 2.75) is 45.3 Å². The van der Waals surface area contributed by atoms with E-state index in [2.05, 4.69) is 10.3 Å². The Bertz CT molecular complexity index is 385. The predicted molar refractivity (Wildman–Crippen MR) is 62.8 cm³/mol. The summed E-state index contributed by atoms with van der Waals surface area (Å²) in [6.45, 7) is 2.74. The molecule has 1 unspecified atom stereocenters. The van der Waals surface area contributed by atoms with E-state index in [1.807, 2.05) is 11.6 Å². The van der Waals surface area contributed by atoms with Crippen LogP contribution in [0.5, 0.6) is 0 Å². The molecule has 0 radical (unpaired) electrons. The van der Waals surface area contributed by atoms with Crippen LogP contribution in [0.3, 0.4) is 0 Å². The lowest BCUT2D eigenvalue weighted by atomic mass is 9.83. The van der Waals surface area contributed by atoms with E-state index in [4.69, 9.17) is 4.74 Å². The van der Waals surface area contributed by atoms with E-state index in [-0.39, 0.29) is 6.10 Å². The Balaban J connectivity index is 2.08. The van der Waals surface area contributed by atoms with Gasteiger partial charge in [-0.1, -0.05) is 24.5 Å². The second-order valence-electron chi connectivity index (χ2n) is 4.66. The number of ether oxygens (including phenoxy) is 1. The number of aldehydes is 1. The van der Waals surface area contributed by atoms with Gasteiger partial charge in [-0.3, -0.25) is 4.79 Å². The Labute approximate surface area is 101 Å². The van der Waals surface area contributed by atoms with Gasteiger partial charge in [0.05, 0.1) is 11.8 Å². The van der Waals surface area contributed by atoms with Crippen molar-refractivity contribution >= 4 is 6.29 Å². The van der Waals surface area contributed by atoms with Crippen molar-refractivity contribution in [3.8, 4) is 0 Å². The molecule has 5 nitrogen and oxygen atoms in total. The number of aromatic nitrogens is 3. The topological polar surface area (TPSA) is 57.0 Å². The Morgan fingerprint density at radius 1 is 1.59 bits per heavy atom. The van der Waals surface area contributed by atoms with Gasteiger partial charge in [0.1, 0.15) is 0 Å². The van der Waals surface area contributed by atoms with E-state index in [0.717, 1.165) is 30.9 Å². The SMILES string of the molecule is COC(C)c1c(C=O)nnn1CCC1CCC1. The number of carbonyl (C=O) groups excluding carboxylic acids is 1. The maximum Gasteiger partial charge on any atom is 0.172 e. The molecule has 1 atom stereocenters. The summed E-state index contributed by atoms with van der Waals surface area (Å²) in [7, 11) is 1.63. The average Bonchev–Trinajstić information content (AvgIpc) is 2.69. The molecule has 1 aliphatic carbocycles. The van der Waals surface area contributed by atoms with E-state index in [1.54, 1.807) is 7.11 Å². The smallest absolute Gasteiger partial charge is 0.172 e. The third kappa shape index (κ3) is 2.54. The van der Waals surface area contributed by atoms with Gasteiger partial charge in [-0.25, -0.2) is 4.68 Å². The molecule has 17 heavy (non-hydrogen) atoms. The largest absolute Gasteiger partial charge is 0.375 e. The van der Waals surface area contributed by atoms with Gasteiger partial charge in [0.2, 0.25) is 0 Å². The van der Waals surface area contributed by atoms with Crippen molar-refractivity contribution in [1.82, 2.24) is 15.0 Å². The first-order valence-corrected chi connectivity index (χ1v) is 6.17. The van der Waals surface area contributed by atoms with Crippen LogP contribution < -0.4 is 0 Å². The molecule has 1 heterocycles. The van der Waals surface area contributed by atoms with E-state index in [1.165, 1.54) is 19.3 Å². The molecule has 2 rings (SSSR count). The quantitative estimate of drug-likeness (QED) is 0.710. The summed E-state index contributed by atoms with van der Waals surface area (Å²) < 4.78 is 7.08. The van der Waals surface area contributed by atoms with Gasteiger partial charge in [0.25, 0.3) is 0 Å². The zero-order chi connectivity index (χ0) is 12.3. The number of rotatable bonds is 6. The molecule has 0 saturated heterocycles. The predicted octanol–water partition coefficient (Wildman–Crippen LogP) is 1.99. The lowest BCUT2D eigenvalue weighted by Crippen LogP contribution is -2.17. The molecule has 5 heteroatoms. The van der Waals surface area contributed by atoms with Gasteiger partial charge in [0, 0.05) is 13.7 Å². The van der Waals surface area contributed by atoms with Crippen molar-refractivity contribution in [3.63, 3.8) is 0 Å². The van der Waals surface area contributed by atoms with Crippen LogP contribution in [-0.4, -0.2) is 28.4 Å². The standard InChI is InChI=1S/C12H19N3O2/c1-9(17-2)12-11(8-16)13-14-15(12)7-6-10-4-3-5-10/h8-10H,3-7H2,1-2H3. The van der Waals surface area contributed by atoms with Gasteiger partial charge in [0.15, 0.2) is 12.0 Å². The number of hydrogen-bond donors (Lipinski definition) is 0.